The van der Waals surface area contributed by atoms with Gasteiger partial charge in [0.2, 0.25) is 0 Å². The van der Waals surface area contributed by atoms with Crippen LogP contribution in [0.2, 0.25) is 0 Å². The summed E-state index contributed by atoms with van der Waals surface area (Å²) in [5.41, 5.74) is 0.670. The molecule has 2 aromatic rings. The van der Waals surface area contributed by atoms with Crippen LogP contribution in [0.25, 0.3) is 10.9 Å². The Morgan fingerprint density at radius 2 is 2.25 bits per heavy atom. The summed E-state index contributed by atoms with van der Waals surface area (Å²) in [4.78, 5) is 24.9. The van der Waals surface area contributed by atoms with Crippen molar-refractivity contribution < 1.29 is 18.7 Å². The molecule has 0 atom stereocenters. The standard InChI is InChI=1S/C11H8FNO3/c1-16-11(15)10-8(5-14)7-4-6(12)2-3-9(7)13-10/h2-5,13H,1H3. The molecule has 0 bridgehead atoms. The largest absolute Gasteiger partial charge is 0.464 e. The van der Waals surface area contributed by atoms with E-state index in [-0.39, 0.29) is 11.3 Å². The van der Waals surface area contributed by atoms with Gasteiger partial charge in [0.15, 0.2) is 6.29 Å². The lowest BCUT2D eigenvalue weighted by Crippen LogP contribution is -2.04. The molecule has 2 rings (SSSR count). The van der Waals surface area contributed by atoms with Gasteiger partial charge >= 0.3 is 5.97 Å². The summed E-state index contributed by atoms with van der Waals surface area (Å²) in [6, 6.07) is 3.90. The molecule has 1 aromatic heterocycles. The van der Waals surface area contributed by atoms with Gasteiger partial charge in [-0.15, -0.1) is 0 Å². The number of H-pyrrole nitrogens is 1. The van der Waals surface area contributed by atoms with Gasteiger partial charge in [-0.2, -0.15) is 0 Å². The van der Waals surface area contributed by atoms with Gasteiger partial charge in [-0.3, -0.25) is 4.79 Å². The van der Waals surface area contributed by atoms with Crippen LogP contribution in [0.5, 0.6) is 0 Å². The molecule has 16 heavy (non-hydrogen) atoms. The highest BCUT2D eigenvalue weighted by atomic mass is 19.1. The van der Waals surface area contributed by atoms with E-state index in [0.29, 0.717) is 17.2 Å². The number of carbonyl (C=O) groups is 2. The Hall–Kier alpha value is -2.17. The molecule has 0 spiro atoms. The second-order valence-corrected chi connectivity index (χ2v) is 3.21. The quantitative estimate of drug-likeness (QED) is 0.622. The Morgan fingerprint density at radius 3 is 2.88 bits per heavy atom. The molecule has 0 radical (unpaired) electrons. The van der Waals surface area contributed by atoms with Crippen molar-refractivity contribution in [3.63, 3.8) is 0 Å². The molecule has 0 aliphatic heterocycles. The smallest absolute Gasteiger partial charge is 0.355 e. The fourth-order valence-corrected chi connectivity index (χ4v) is 1.57. The normalized spacial score (nSPS) is 10.4. The number of carbonyl (C=O) groups excluding carboxylic acids is 2. The van der Waals surface area contributed by atoms with Crippen LogP contribution >= 0.6 is 0 Å². The van der Waals surface area contributed by atoms with Crippen LogP contribution in [-0.2, 0) is 4.74 Å². The highest BCUT2D eigenvalue weighted by molar-refractivity contribution is 6.08. The van der Waals surface area contributed by atoms with Gasteiger partial charge < -0.3 is 9.72 Å². The maximum absolute atomic E-state index is 13.0. The second-order valence-electron chi connectivity index (χ2n) is 3.21. The molecule has 0 aliphatic carbocycles. The highest BCUT2D eigenvalue weighted by Gasteiger charge is 2.17. The van der Waals surface area contributed by atoms with E-state index in [1.807, 2.05) is 0 Å². The lowest BCUT2D eigenvalue weighted by molar-refractivity contribution is 0.0593. The van der Waals surface area contributed by atoms with E-state index in [9.17, 15) is 14.0 Å². The number of ether oxygens (including phenoxy) is 1. The van der Waals surface area contributed by atoms with Gasteiger partial charge in [-0.1, -0.05) is 0 Å². The lowest BCUT2D eigenvalue weighted by atomic mass is 10.1. The van der Waals surface area contributed by atoms with Crippen LogP contribution in [0.15, 0.2) is 18.2 Å². The molecule has 82 valence electrons. The molecular formula is C11H8FNO3. The van der Waals surface area contributed by atoms with Crippen molar-refractivity contribution in [2.45, 2.75) is 0 Å². The number of fused-ring (bicyclic) bond motifs is 1. The number of halogens is 1. The van der Waals surface area contributed by atoms with Crippen LogP contribution in [0.1, 0.15) is 20.8 Å². The van der Waals surface area contributed by atoms with E-state index < -0.39 is 11.8 Å². The van der Waals surface area contributed by atoms with Crippen molar-refractivity contribution in [3.8, 4) is 0 Å². The summed E-state index contributed by atoms with van der Waals surface area (Å²) >= 11 is 0. The second kappa shape index (κ2) is 3.77. The van der Waals surface area contributed by atoms with Gasteiger partial charge in [0.25, 0.3) is 0 Å². The summed E-state index contributed by atoms with van der Waals surface area (Å²) < 4.78 is 17.5. The predicted molar refractivity (Wildman–Crippen MR) is 55.0 cm³/mol. The first kappa shape index (κ1) is 10.4. The first-order chi connectivity index (χ1) is 7.67. The first-order valence-electron chi connectivity index (χ1n) is 4.52. The molecule has 1 aromatic carbocycles. The third-order valence-electron chi connectivity index (χ3n) is 2.31. The topological polar surface area (TPSA) is 59.2 Å². The average Bonchev–Trinajstić information content (AvgIpc) is 2.65. The number of aldehydes is 1. The van der Waals surface area contributed by atoms with Crippen molar-refractivity contribution in [2.24, 2.45) is 0 Å². The number of aromatic amines is 1. The zero-order chi connectivity index (χ0) is 11.7. The molecule has 1 heterocycles. The molecule has 4 nitrogen and oxygen atoms in total. The Balaban J connectivity index is 2.76. The summed E-state index contributed by atoms with van der Waals surface area (Å²) in [5.74, 6) is -1.12. The summed E-state index contributed by atoms with van der Waals surface area (Å²) in [6.07, 6.45) is 0.504. The van der Waals surface area contributed by atoms with Gasteiger partial charge in [0, 0.05) is 10.9 Å². The third kappa shape index (κ3) is 1.46. The Kier molecular flexibility index (Phi) is 2.44. The molecule has 0 saturated heterocycles. The number of aromatic nitrogens is 1. The highest BCUT2D eigenvalue weighted by Crippen LogP contribution is 2.22. The van der Waals surface area contributed by atoms with Gasteiger partial charge in [0.05, 0.1) is 12.7 Å². The van der Waals surface area contributed by atoms with E-state index in [4.69, 9.17) is 0 Å². The van der Waals surface area contributed by atoms with Crippen LogP contribution in [0.3, 0.4) is 0 Å². The lowest BCUT2D eigenvalue weighted by Gasteiger charge is -1.95. The number of benzene rings is 1. The summed E-state index contributed by atoms with van der Waals surface area (Å²) in [5, 5.41) is 0.371. The van der Waals surface area contributed by atoms with Gasteiger partial charge in [0.1, 0.15) is 11.5 Å². The van der Waals surface area contributed by atoms with Crippen molar-refractivity contribution in [1.82, 2.24) is 4.98 Å². The van der Waals surface area contributed by atoms with Gasteiger partial charge in [-0.25, -0.2) is 9.18 Å². The van der Waals surface area contributed by atoms with E-state index >= 15 is 0 Å². The minimum atomic E-state index is -0.654. The Morgan fingerprint density at radius 1 is 1.50 bits per heavy atom. The number of esters is 1. The fourth-order valence-electron chi connectivity index (χ4n) is 1.57. The van der Waals surface area contributed by atoms with Crippen molar-refractivity contribution in [3.05, 3.63) is 35.3 Å². The first-order valence-corrected chi connectivity index (χ1v) is 4.52. The van der Waals surface area contributed by atoms with Crippen molar-refractivity contribution in [2.75, 3.05) is 7.11 Å². The predicted octanol–water partition coefficient (Wildman–Crippen LogP) is 1.91. The van der Waals surface area contributed by atoms with E-state index in [1.165, 1.54) is 25.3 Å². The fraction of sp³-hybridized carbons (Fsp3) is 0.0909. The molecule has 5 heteroatoms. The number of hydrogen-bond donors (Lipinski definition) is 1. The van der Waals surface area contributed by atoms with Crippen LogP contribution in [0, 0.1) is 5.82 Å². The van der Waals surface area contributed by atoms with Crippen LogP contribution < -0.4 is 0 Å². The molecule has 0 aliphatic rings. The number of rotatable bonds is 2. The molecule has 0 unspecified atom stereocenters. The van der Waals surface area contributed by atoms with E-state index in [2.05, 4.69) is 9.72 Å². The van der Waals surface area contributed by atoms with Crippen molar-refractivity contribution >= 4 is 23.2 Å². The Labute approximate surface area is 90.0 Å². The minimum Gasteiger partial charge on any atom is -0.464 e. The monoisotopic (exact) mass is 221 g/mol. The maximum atomic E-state index is 13.0. The minimum absolute atomic E-state index is 0.0399. The third-order valence-corrected chi connectivity index (χ3v) is 2.31. The van der Waals surface area contributed by atoms with Gasteiger partial charge in [-0.05, 0) is 18.2 Å². The van der Waals surface area contributed by atoms with Crippen LogP contribution in [-0.4, -0.2) is 24.3 Å². The SMILES string of the molecule is COC(=O)c1[nH]c2ccc(F)cc2c1C=O. The molecular weight excluding hydrogens is 213 g/mol. The summed E-state index contributed by atoms with van der Waals surface area (Å²) in [7, 11) is 1.21. The van der Waals surface area contributed by atoms with Crippen LogP contribution in [0.4, 0.5) is 4.39 Å². The summed E-state index contributed by atoms with van der Waals surface area (Å²) in [6.45, 7) is 0. The molecule has 0 amide bonds. The average molecular weight is 221 g/mol. The number of hydrogen-bond acceptors (Lipinski definition) is 3. The van der Waals surface area contributed by atoms with E-state index in [1.54, 1.807) is 0 Å². The molecule has 0 saturated carbocycles. The van der Waals surface area contributed by atoms with E-state index in [0.717, 1.165) is 0 Å². The zero-order valence-corrected chi connectivity index (χ0v) is 8.41. The Bertz CT molecular complexity index is 574. The number of nitrogens with one attached hydrogen (secondary N) is 1. The maximum Gasteiger partial charge on any atom is 0.355 e. The zero-order valence-electron chi connectivity index (χ0n) is 8.41. The molecule has 1 N–H and O–H groups in total. The number of methoxy groups -OCH3 is 1. The van der Waals surface area contributed by atoms with Crippen molar-refractivity contribution in [1.29, 1.82) is 0 Å². The molecule has 0 fully saturated rings.